The average molecular weight is 254 g/mol. The molecule has 0 aliphatic heterocycles. The molecule has 0 nitrogen and oxygen atoms in total. The van der Waals surface area contributed by atoms with Crippen LogP contribution in [0.4, 0.5) is 0 Å². The van der Waals surface area contributed by atoms with Crippen LogP contribution in [0.2, 0.25) is 0 Å². The molecule has 2 aromatic carbocycles. The first-order valence-electron chi connectivity index (χ1n) is 6.53. The van der Waals surface area contributed by atoms with Crippen LogP contribution >= 0.6 is 11.3 Å². The molecule has 3 aromatic rings. The van der Waals surface area contributed by atoms with E-state index in [4.69, 9.17) is 0 Å². The smallest absolute Gasteiger partial charge is 0.0358 e. The first-order valence-corrected chi connectivity index (χ1v) is 7.35. The molecule has 0 fully saturated rings. The third-order valence-electron chi connectivity index (χ3n) is 4.04. The maximum absolute atomic E-state index is 2.38. The van der Waals surface area contributed by atoms with Gasteiger partial charge in [-0.2, -0.15) is 0 Å². The quantitative estimate of drug-likeness (QED) is 0.547. The Morgan fingerprint density at radius 1 is 0.944 bits per heavy atom. The fourth-order valence-corrected chi connectivity index (χ4v) is 3.50. The zero-order valence-corrected chi connectivity index (χ0v) is 12.0. The normalized spacial score (nSPS) is 12.4. The molecule has 0 saturated carbocycles. The summed E-state index contributed by atoms with van der Waals surface area (Å²) >= 11 is 1.90. The second-order valence-corrected chi connectivity index (χ2v) is 6.63. The third-order valence-corrected chi connectivity index (χ3v) is 5.18. The fourth-order valence-electron chi connectivity index (χ4n) is 2.35. The van der Waals surface area contributed by atoms with E-state index in [1.165, 1.54) is 32.2 Å². The summed E-state index contributed by atoms with van der Waals surface area (Å²) in [5, 5.41) is 2.78. The Morgan fingerprint density at radius 2 is 1.67 bits per heavy atom. The van der Waals surface area contributed by atoms with Crippen LogP contribution in [0.5, 0.6) is 0 Å². The fraction of sp³-hybridized carbons (Fsp3) is 0.294. The molecule has 1 heteroatoms. The van der Waals surface area contributed by atoms with Gasteiger partial charge < -0.3 is 0 Å². The van der Waals surface area contributed by atoms with Gasteiger partial charge in [0.25, 0.3) is 0 Å². The summed E-state index contributed by atoms with van der Waals surface area (Å²) in [6.07, 6.45) is 1.17. The predicted octanol–water partition coefficient (Wildman–Crippen LogP) is 5.74. The minimum Gasteiger partial charge on any atom is -0.135 e. The Balaban J connectivity index is 2.27. The second-order valence-electron chi connectivity index (χ2n) is 5.55. The Morgan fingerprint density at radius 3 is 2.44 bits per heavy atom. The zero-order chi connectivity index (χ0) is 12.8. The lowest BCUT2D eigenvalue weighted by atomic mass is 9.82. The summed E-state index contributed by atoms with van der Waals surface area (Å²) in [6.45, 7) is 6.90. The highest BCUT2D eigenvalue weighted by molar-refractivity contribution is 7.25. The number of rotatable bonds is 2. The van der Waals surface area contributed by atoms with Crippen LogP contribution < -0.4 is 0 Å². The van der Waals surface area contributed by atoms with Crippen molar-refractivity contribution in [3.63, 3.8) is 0 Å². The third kappa shape index (κ3) is 1.74. The van der Waals surface area contributed by atoms with E-state index in [0.717, 1.165) is 0 Å². The van der Waals surface area contributed by atoms with Gasteiger partial charge in [-0.1, -0.05) is 51.1 Å². The van der Waals surface area contributed by atoms with E-state index in [-0.39, 0.29) is 5.41 Å². The van der Waals surface area contributed by atoms with Crippen LogP contribution in [0.3, 0.4) is 0 Å². The maximum Gasteiger partial charge on any atom is 0.0358 e. The number of thiophene rings is 1. The van der Waals surface area contributed by atoms with Crippen molar-refractivity contribution in [2.75, 3.05) is 0 Å². The van der Waals surface area contributed by atoms with Gasteiger partial charge in [-0.15, -0.1) is 11.3 Å². The largest absolute Gasteiger partial charge is 0.135 e. The lowest BCUT2D eigenvalue weighted by Gasteiger charge is -2.23. The van der Waals surface area contributed by atoms with Crippen molar-refractivity contribution in [3.8, 4) is 0 Å². The van der Waals surface area contributed by atoms with E-state index in [2.05, 4.69) is 63.2 Å². The van der Waals surface area contributed by atoms with E-state index in [1.807, 2.05) is 11.3 Å². The van der Waals surface area contributed by atoms with Crippen LogP contribution in [0.1, 0.15) is 32.8 Å². The highest BCUT2D eigenvalue weighted by Gasteiger charge is 2.18. The molecular formula is C17H18S. The maximum atomic E-state index is 2.38. The van der Waals surface area contributed by atoms with Crippen LogP contribution in [-0.4, -0.2) is 0 Å². The van der Waals surface area contributed by atoms with Gasteiger partial charge in [-0.25, -0.2) is 0 Å². The summed E-state index contributed by atoms with van der Waals surface area (Å²) in [6, 6.07) is 15.6. The highest BCUT2D eigenvalue weighted by atomic mass is 32.1. The standard InChI is InChI=1S/C17H18S/c1-4-17(2,3)12-9-10-14-13-7-5-6-8-15(13)18-16(14)11-12/h5-11H,4H2,1-3H3. The zero-order valence-electron chi connectivity index (χ0n) is 11.2. The molecule has 0 aliphatic carbocycles. The molecule has 1 aromatic heterocycles. The van der Waals surface area contributed by atoms with Crippen molar-refractivity contribution in [2.45, 2.75) is 32.6 Å². The summed E-state index contributed by atoms with van der Waals surface area (Å²) in [4.78, 5) is 0. The summed E-state index contributed by atoms with van der Waals surface area (Å²) in [5.74, 6) is 0. The topological polar surface area (TPSA) is 0 Å². The first-order chi connectivity index (χ1) is 8.62. The molecular weight excluding hydrogens is 236 g/mol. The van der Waals surface area contributed by atoms with Gasteiger partial charge in [0.1, 0.15) is 0 Å². The molecule has 0 aliphatic rings. The predicted molar refractivity (Wildman–Crippen MR) is 82.6 cm³/mol. The molecule has 92 valence electrons. The van der Waals surface area contributed by atoms with Gasteiger partial charge >= 0.3 is 0 Å². The number of hydrogen-bond acceptors (Lipinski definition) is 1. The van der Waals surface area contributed by atoms with E-state index in [1.54, 1.807) is 0 Å². The van der Waals surface area contributed by atoms with E-state index >= 15 is 0 Å². The van der Waals surface area contributed by atoms with Crippen LogP contribution in [-0.2, 0) is 5.41 Å². The highest BCUT2D eigenvalue weighted by Crippen LogP contribution is 2.37. The van der Waals surface area contributed by atoms with E-state index in [9.17, 15) is 0 Å². The molecule has 0 bridgehead atoms. The van der Waals surface area contributed by atoms with Gasteiger partial charge in [0, 0.05) is 20.2 Å². The summed E-state index contributed by atoms with van der Waals surface area (Å²) < 4.78 is 2.80. The van der Waals surface area contributed by atoms with Crippen molar-refractivity contribution in [1.29, 1.82) is 0 Å². The lowest BCUT2D eigenvalue weighted by molar-refractivity contribution is 0.507. The Bertz CT molecular complexity index is 704. The molecule has 1 heterocycles. The Kier molecular flexibility index (Phi) is 2.67. The molecule has 0 amide bonds. The van der Waals surface area contributed by atoms with E-state index in [0.29, 0.717) is 0 Å². The number of hydrogen-bond donors (Lipinski definition) is 0. The molecule has 0 spiro atoms. The molecule has 0 unspecified atom stereocenters. The Labute approximate surface area is 112 Å². The van der Waals surface area contributed by atoms with Crippen LogP contribution in [0, 0.1) is 0 Å². The van der Waals surface area contributed by atoms with Crippen molar-refractivity contribution in [2.24, 2.45) is 0 Å². The average Bonchev–Trinajstić information content (AvgIpc) is 2.76. The van der Waals surface area contributed by atoms with Crippen molar-refractivity contribution >= 4 is 31.5 Å². The van der Waals surface area contributed by atoms with Gasteiger partial charge in [0.05, 0.1) is 0 Å². The van der Waals surface area contributed by atoms with Gasteiger partial charge in [-0.05, 0) is 29.5 Å². The van der Waals surface area contributed by atoms with Gasteiger partial charge in [-0.3, -0.25) is 0 Å². The molecule has 0 radical (unpaired) electrons. The monoisotopic (exact) mass is 254 g/mol. The van der Waals surface area contributed by atoms with Gasteiger partial charge in [0.2, 0.25) is 0 Å². The van der Waals surface area contributed by atoms with Crippen molar-refractivity contribution < 1.29 is 0 Å². The molecule has 18 heavy (non-hydrogen) atoms. The molecule has 0 atom stereocenters. The van der Waals surface area contributed by atoms with Gasteiger partial charge in [0.15, 0.2) is 0 Å². The van der Waals surface area contributed by atoms with Crippen LogP contribution in [0.25, 0.3) is 20.2 Å². The number of benzene rings is 2. The SMILES string of the molecule is CCC(C)(C)c1ccc2c(c1)sc1ccccc12. The summed E-state index contributed by atoms with van der Waals surface area (Å²) in [7, 11) is 0. The second kappa shape index (κ2) is 4.10. The van der Waals surface area contributed by atoms with Crippen molar-refractivity contribution in [1.82, 2.24) is 0 Å². The van der Waals surface area contributed by atoms with Crippen LogP contribution in [0.15, 0.2) is 42.5 Å². The first kappa shape index (κ1) is 11.7. The molecule has 0 saturated heterocycles. The lowest BCUT2D eigenvalue weighted by Crippen LogP contribution is -2.14. The summed E-state index contributed by atoms with van der Waals surface area (Å²) in [5.41, 5.74) is 1.72. The minimum atomic E-state index is 0.268. The molecule has 3 rings (SSSR count). The Hall–Kier alpha value is -1.34. The van der Waals surface area contributed by atoms with E-state index < -0.39 is 0 Å². The number of fused-ring (bicyclic) bond motifs is 3. The molecule has 0 N–H and O–H groups in total. The minimum absolute atomic E-state index is 0.268. The van der Waals surface area contributed by atoms with Crippen molar-refractivity contribution in [3.05, 3.63) is 48.0 Å².